The molecule has 0 saturated carbocycles. The number of furan rings is 1. The van der Waals surface area contributed by atoms with Crippen molar-refractivity contribution in [2.24, 2.45) is 0 Å². The third-order valence-corrected chi connectivity index (χ3v) is 6.04. The van der Waals surface area contributed by atoms with E-state index < -0.39 is 0 Å². The van der Waals surface area contributed by atoms with Crippen molar-refractivity contribution < 1.29 is 13.9 Å². The van der Waals surface area contributed by atoms with E-state index in [0.717, 1.165) is 26.1 Å². The summed E-state index contributed by atoms with van der Waals surface area (Å²) in [5, 5.41) is 7.15. The average Bonchev–Trinajstić information content (AvgIpc) is 3.46. The maximum absolute atomic E-state index is 13.1. The van der Waals surface area contributed by atoms with Crippen molar-refractivity contribution in [3.63, 3.8) is 0 Å². The van der Waals surface area contributed by atoms with Crippen molar-refractivity contribution in [2.75, 3.05) is 20.2 Å². The molecular weight excluding hydrogens is 410 g/mol. The molecule has 32 heavy (non-hydrogen) atoms. The Labute approximate surface area is 186 Å². The zero-order valence-corrected chi connectivity index (χ0v) is 18.5. The van der Waals surface area contributed by atoms with Gasteiger partial charge in [-0.1, -0.05) is 0 Å². The summed E-state index contributed by atoms with van der Waals surface area (Å²) < 4.78 is 14.4. The predicted octanol–water partition coefficient (Wildman–Crippen LogP) is 1.91. The molecule has 0 spiro atoms. The van der Waals surface area contributed by atoms with Gasteiger partial charge in [-0.2, -0.15) is 5.10 Å². The summed E-state index contributed by atoms with van der Waals surface area (Å²) in [6, 6.07) is 7.23. The van der Waals surface area contributed by atoms with Crippen molar-refractivity contribution in [2.45, 2.75) is 45.4 Å². The lowest BCUT2D eigenvalue weighted by atomic mass is 10.1. The molecule has 9 nitrogen and oxygen atoms in total. The van der Waals surface area contributed by atoms with E-state index in [1.165, 1.54) is 13.2 Å². The zero-order valence-electron chi connectivity index (χ0n) is 18.5. The van der Waals surface area contributed by atoms with E-state index in [-0.39, 0.29) is 18.0 Å². The normalized spacial score (nSPS) is 15.1. The van der Waals surface area contributed by atoms with E-state index in [4.69, 9.17) is 9.15 Å². The van der Waals surface area contributed by atoms with Crippen LogP contribution in [0, 0.1) is 0 Å². The molecular formula is C23H29N5O4. The van der Waals surface area contributed by atoms with Crippen LogP contribution in [0.3, 0.4) is 0 Å². The molecule has 170 valence electrons. The SMILES string of the molecule is COc1cc(=O)n2c(c1C(=O)NCc1ccco1)CCN([C@@H](C)CCn1cccn1)CC2. The molecule has 4 rings (SSSR count). The Morgan fingerprint density at radius 2 is 2.19 bits per heavy atom. The van der Waals surface area contributed by atoms with Crippen molar-refractivity contribution in [3.05, 3.63) is 70.3 Å². The second-order valence-electron chi connectivity index (χ2n) is 7.98. The molecule has 0 radical (unpaired) electrons. The molecule has 4 heterocycles. The predicted molar refractivity (Wildman–Crippen MR) is 119 cm³/mol. The minimum atomic E-state index is -0.276. The number of pyridine rings is 1. The highest BCUT2D eigenvalue weighted by Gasteiger charge is 2.26. The molecule has 0 unspecified atom stereocenters. The number of hydrogen-bond donors (Lipinski definition) is 1. The molecule has 3 aromatic rings. The molecule has 1 aliphatic rings. The fraction of sp³-hybridized carbons (Fsp3) is 0.435. The molecule has 1 atom stereocenters. The maximum Gasteiger partial charge on any atom is 0.257 e. The van der Waals surface area contributed by atoms with Gasteiger partial charge in [-0.25, -0.2) is 0 Å². The van der Waals surface area contributed by atoms with Gasteiger partial charge in [0.15, 0.2) is 0 Å². The van der Waals surface area contributed by atoms with Crippen LogP contribution >= 0.6 is 0 Å². The fourth-order valence-corrected chi connectivity index (χ4v) is 4.22. The van der Waals surface area contributed by atoms with Gasteiger partial charge in [-0.05, 0) is 31.5 Å². The van der Waals surface area contributed by atoms with E-state index in [1.807, 2.05) is 16.9 Å². The summed E-state index contributed by atoms with van der Waals surface area (Å²) >= 11 is 0. The van der Waals surface area contributed by atoms with E-state index in [2.05, 4.69) is 22.2 Å². The van der Waals surface area contributed by atoms with E-state index >= 15 is 0 Å². The van der Waals surface area contributed by atoms with Crippen LogP contribution in [-0.2, 0) is 26.1 Å². The third kappa shape index (κ3) is 4.77. The highest BCUT2D eigenvalue weighted by atomic mass is 16.5. The number of ether oxygens (including phenoxy) is 1. The van der Waals surface area contributed by atoms with Gasteiger partial charge in [0, 0.05) is 62.8 Å². The minimum absolute atomic E-state index is 0.148. The number of nitrogens with zero attached hydrogens (tertiary/aromatic N) is 4. The molecule has 1 amide bonds. The Balaban J connectivity index is 1.51. The molecule has 0 aromatic carbocycles. The highest BCUT2D eigenvalue weighted by Crippen LogP contribution is 2.23. The number of carbonyl (C=O) groups is 1. The summed E-state index contributed by atoms with van der Waals surface area (Å²) in [6.45, 7) is 5.33. The maximum atomic E-state index is 13.1. The van der Waals surface area contributed by atoms with Gasteiger partial charge in [0.25, 0.3) is 11.5 Å². The number of amides is 1. The second kappa shape index (κ2) is 9.86. The van der Waals surface area contributed by atoms with Gasteiger partial charge in [-0.3, -0.25) is 19.2 Å². The third-order valence-electron chi connectivity index (χ3n) is 6.04. The summed E-state index contributed by atoms with van der Waals surface area (Å²) in [5.74, 6) is 0.689. The molecule has 0 bridgehead atoms. The summed E-state index contributed by atoms with van der Waals surface area (Å²) in [7, 11) is 1.48. The van der Waals surface area contributed by atoms with Gasteiger partial charge in [0.1, 0.15) is 17.1 Å². The molecule has 3 aromatic heterocycles. The number of hydrogen-bond acceptors (Lipinski definition) is 6. The number of aryl methyl sites for hydroxylation is 1. The first kappa shape index (κ1) is 21.9. The van der Waals surface area contributed by atoms with Crippen molar-refractivity contribution in [3.8, 4) is 5.75 Å². The fourth-order valence-electron chi connectivity index (χ4n) is 4.22. The van der Waals surface area contributed by atoms with Crippen molar-refractivity contribution in [1.29, 1.82) is 0 Å². The Bertz CT molecular complexity index is 1090. The van der Waals surface area contributed by atoms with Crippen LogP contribution in [0.15, 0.2) is 52.1 Å². The van der Waals surface area contributed by atoms with Crippen molar-refractivity contribution in [1.82, 2.24) is 24.6 Å². The van der Waals surface area contributed by atoms with Gasteiger partial charge >= 0.3 is 0 Å². The lowest BCUT2D eigenvalue weighted by molar-refractivity contribution is 0.0942. The smallest absolute Gasteiger partial charge is 0.257 e. The molecule has 1 aliphatic heterocycles. The van der Waals surface area contributed by atoms with Crippen LogP contribution in [-0.4, -0.2) is 51.4 Å². The molecule has 1 N–H and O–H groups in total. The molecule has 9 heteroatoms. The van der Waals surface area contributed by atoms with Crippen LogP contribution < -0.4 is 15.6 Å². The molecule has 0 aliphatic carbocycles. The Morgan fingerprint density at radius 3 is 2.91 bits per heavy atom. The summed E-state index contributed by atoms with van der Waals surface area (Å²) in [4.78, 5) is 28.2. The number of methoxy groups -OCH3 is 1. The van der Waals surface area contributed by atoms with Crippen LogP contribution in [0.1, 0.15) is 35.2 Å². The van der Waals surface area contributed by atoms with Gasteiger partial charge in [-0.15, -0.1) is 0 Å². The number of carbonyl (C=O) groups excluding carboxylic acids is 1. The first-order valence-electron chi connectivity index (χ1n) is 10.9. The topological polar surface area (TPSA) is 94.5 Å². The lowest BCUT2D eigenvalue weighted by Gasteiger charge is -2.27. The highest BCUT2D eigenvalue weighted by molar-refractivity contribution is 5.98. The number of fused-ring (bicyclic) bond motifs is 1. The van der Waals surface area contributed by atoms with E-state index in [0.29, 0.717) is 41.8 Å². The lowest BCUT2D eigenvalue weighted by Crippen LogP contribution is -2.36. The quantitative estimate of drug-likeness (QED) is 0.576. The van der Waals surface area contributed by atoms with E-state index in [1.54, 1.807) is 29.2 Å². The van der Waals surface area contributed by atoms with Gasteiger partial charge < -0.3 is 19.0 Å². The number of aromatic nitrogens is 3. The monoisotopic (exact) mass is 439 g/mol. The standard InChI is InChI=1S/C23H29N5O4/c1-17(6-11-27-9-4-8-25-27)26-10-7-19-22(23(30)24-16-18-5-3-14-32-18)20(31-2)15-21(29)28(19)13-12-26/h3-5,8-9,14-15,17H,6-7,10-13,16H2,1-2H3,(H,24,30)/t17-/m0/s1. The molecule has 0 fully saturated rings. The van der Waals surface area contributed by atoms with Crippen molar-refractivity contribution >= 4 is 5.91 Å². The Morgan fingerprint density at radius 1 is 1.31 bits per heavy atom. The Kier molecular flexibility index (Phi) is 6.75. The summed E-state index contributed by atoms with van der Waals surface area (Å²) in [5.41, 5.74) is 0.989. The first-order valence-corrected chi connectivity index (χ1v) is 10.9. The Hall–Kier alpha value is -3.33. The molecule has 0 saturated heterocycles. The first-order chi connectivity index (χ1) is 15.6. The van der Waals surface area contributed by atoms with Crippen LogP contribution in [0.25, 0.3) is 0 Å². The van der Waals surface area contributed by atoms with Crippen LogP contribution in [0.5, 0.6) is 5.75 Å². The number of rotatable bonds is 8. The second-order valence-corrected chi connectivity index (χ2v) is 7.98. The number of nitrogens with one attached hydrogen (secondary N) is 1. The zero-order chi connectivity index (χ0) is 22.5. The van der Waals surface area contributed by atoms with E-state index in [9.17, 15) is 9.59 Å². The van der Waals surface area contributed by atoms with Gasteiger partial charge in [0.2, 0.25) is 0 Å². The average molecular weight is 440 g/mol. The van der Waals surface area contributed by atoms with Crippen LogP contribution in [0.4, 0.5) is 0 Å². The van der Waals surface area contributed by atoms with Gasteiger partial charge in [0.05, 0.1) is 19.9 Å². The largest absolute Gasteiger partial charge is 0.496 e. The van der Waals surface area contributed by atoms with Crippen LogP contribution in [0.2, 0.25) is 0 Å². The minimum Gasteiger partial charge on any atom is -0.496 e. The summed E-state index contributed by atoms with van der Waals surface area (Å²) in [6.07, 6.45) is 6.85.